The summed E-state index contributed by atoms with van der Waals surface area (Å²) in [5.41, 5.74) is 0. The summed E-state index contributed by atoms with van der Waals surface area (Å²) in [6, 6.07) is 0. The van der Waals surface area contributed by atoms with Crippen LogP contribution in [0.1, 0.15) is 26.7 Å². The van der Waals surface area contributed by atoms with Crippen LogP contribution in [0.5, 0.6) is 0 Å². The van der Waals surface area contributed by atoms with Crippen molar-refractivity contribution >= 4 is 10.8 Å². The lowest BCUT2D eigenvalue weighted by Gasteiger charge is -2.30. The minimum Gasteiger partial charge on any atom is -0.304 e. The van der Waals surface area contributed by atoms with E-state index in [2.05, 4.69) is 11.8 Å². The molecule has 1 unspecified atom stereocenters. The summed E-state index contributed by atoms with van der Waals surface area (Å²) < 4.78 is 11.5. The minimum absolute atomic E-state index is 0.484. The van der Waals surface area contributed by atoms with Crippen molar-refractivity contribution < 1.29 is 4.21 Å². The first-order valence-corrected chi connectivity index (χ1v) is 6.25. The zero-order valence-corrected chi connectivity index (χ0v) is 8.90. The molecule has 1 fully saturated rings. The lowest BCUT2D eigenvalue weighted by Crippen LogP contribution is -2.37. The number of rotatable bonds is 3. The highest BCUT2D eigenvalue weighted by atomic mass is 32.2. The quantitative estimate of drug-likeness (QED) is 0.666. The van der Waals surface area contributed by atoms with Crippen LogP contribution in [0.4, 0.5) is 0 Å². The van der Waals surface area contributed by atoms with Gasteiger partial charge in [0.2, 0.25) is 0 Å². The Balaban J connectivity index is 2.30. The zero-order chi connectivity index (χ0) is 8.97. The van der Waals surface area contributed by atoms with Gasteiger partial charge in [0.05, 0.1) is 0 Å². The van der Waals surface area contributed by atoms with Gasteiger partial charge in [-0.2, -0.15) is 0 Å². The van der Waals surface area contributed by atoms with Crippen molar-refractivity contribution in [1.29, 1.82) is 0 Å². The molecule has 0 aromatic rings. The van der Waals surface area contributed by atoms with E-state index in [1.807, 2.05) is 6.92 Å². The fourth-order valence-corrected chi connectivity index (χ4v) is 2.93. The molecule has 1 saturated heterocycles. The minimum atomic E-state index is -0.557. The third-order valence-electron chi connectivity index (χ3n) is 2.64. The molecule has 0 radical (unpaired) electrons. The summed E-state index contributed by atoms with van der Waals surface area (Å²) in [5.74, 6) is 0.830. The largest absolute Gasteiger partial charge is 0.304 e. The molecule has 0 aliphatic carbocycles. The molecule has 12 heavy (non-hydrogen) atoms. The van der Waals surface area contributed by atoms with Gasteiger partial charge in [-0.15, -0.1) is 0 Å². The van der Waals surface area contributed by atoms with Gasteiger partial charge < -0.3 is 4.90 Å². The van der Waals surface area contributed by atoms with Crippen LogP contribution in [0.25, 0.3) is 0 Å². The van der Waals surface area contributed by atoms with E-state index in [0.717, 1.165) is 38.2 Å². The molecule has 1 heterocycles. The van der Waals surface area contributed by atoms with Crippen LogP contribution >= 0.6 is 0 Å². The van der Waals surface area contributed by atoms with Crippen molar-refractivity contribution in [3.63, 3.8) is 0 Å². The Morgan fingerprint density at radius 3 is 2.33 bits per heavy atom. The van der Waals surface area contributed by atoms with Gasteiger partial charge >= 0.3 is 0 Å². The third kappa shape index (κ3) is 2.56. The normalized spacial score (nSPS) is 24.2. The van der Waals surface area contributed by atoms with E-state index in [4.69, 9.17) is 0 Å². The highest BCUT2D eigenvalue weighted by molar-refractivity contribution is 7.85. The molecule has 0 spiro atoms. The number of nitrogens with zero attached hydrogens (tertiary/aromatic N) is 1. The molecule has 0 N–H and O–H groups in total. The standard InChI is InChI=1S/C9H19NOS/c1-3-10-7-5-9(6-8-10)12(11)4-2/h9H,3-8H2,1-2H3. The molecule has 0 amide bonds. The summed E-state index contributed by atoms with van der Waals surface area (Å²) in [7, 11) is -0.557. The van der Waals surface area contributed by atoms with Crippen molar-refractivity contribution in [2.75, 3.05) is 25.4 Å². The van der Waals surface area contributed by atoms with Crippen molar-refractivity contribution in [1.82, 2.24) is 4.90 Å². The van der Waals surface area contributed by atoms with E-state index in [9.17, 15) is 4.21 Å². The molecule has 72 valence electrons. The van der Waals surface area contributed by atoms with E-state index in [1.165, 1.54) is 0 Å². The van der Waals surface area contributed by atoms with E-state index in [-0.39, 0.29) is 0 Å². The summed E-state index contributed by atoms with van der Waals surface area (Å²) in [4.78, 5) is 2.43. The monoisotopic (exact) mass is 189 g/mol. The molecular weight excluding hydrogens is 170 g/mol. The fraction of sp³-hybridized carbons (Fsp3) is 1.00. The Morgan fingerprint density at radius 1 is 1.33 bits per heavy atom. The molecule has 0 aromatic carbocycles. The Kier molecular flexibility index (Phi) is 4.22. The second kappa shape index (κ2) is 4.97. The average Bonchev–Trinajstić information content (AvgIpc) is 2.17. The number of hydrogen-bond acceptors (Lipinski definition) is 2. The first-order chi connectivity index (χ1) is 5.77. The fourth-order valence-electron chi connectivity index (χ4n) is 1.72. The van der Waals surface area contributed by atoms with Gasteiger partial charge in [0.25, 0.3) is 0 Å². The van der Waals surface area contributed by atoms with Crippen LogP contribution in [0.15, 0.2) is 0 Å². The number of hydrogen-bond donors (Lipinski definition) is 0. The van der Waals surface area contributed by atoms with Crippen LogP contribution < -0.4 is 0 Å². The predicted molar refractivity (Wildman–Crippen MR) is 53.8 cm³/mol. The van der Waals surface area contributed by atoms with Crippen molar-refractivity contribution in [3.8, 4) is 0 Å². The molecule has 1 atom stereocenters. The zero-order valence-electron chi connectivity index (χ0n) is 8.08. The van der Waals surface area contributed by atoms with Crippen molar-refractivity contribution in [3.05, 3.63) is 0 Å². The lowest BCUT2D eigenvalue weighted by molar-refractivity contribution is 0.243. The van der Waals surface area contributed by atoms with E-state index >= 15 is 0 Å². The SMILES string of the molecule is CCN1CCC(S(=O)CC)CC1. The Labute approximate surface area is 77.8 Å². The predicted octanol–water partition coefficient (Wildman–Crippen LogP) is 1.24. The molecule has 1 aliphatic heterocycles. The highest BCUT2D eigenvalue weighted by Gasteiger charge is 2.21. The number of piperidine rings is 1. The molecule has 0 bridgehead atoms. The van der Waals surface area contributed by atoms with Crippen LogP contribution in [-0.4, -0.2) is 39.7 Å². The third-order valence-corrected chi connectivity index (χ3v) is 4.42. The van der Waals surface area contributed by atoms with Crippen molar-refractivity contribution in [2.45, 2.75) is 31.9 Å². The lowest BCUT2D eigenvalue weighted by atomic mass is 10.1. The van der Waals surface area contributed by atoms with Gasteiger partial charge in [-0.05, 0) is 32.5 Å². The van der Waals surface area contributed by atoms with Gasteiger partial charge in [0, 0.05) is 21.8 Å². The summed E-state index contributed by atoms with van der Waals surface area (Å²) in [5, 5.41) is 0.484. The first kappa shape index (κ1) is 10.2. The summed E-state index contributed by atoms with van der Waals surface area (Å²) in [6.45, 7) is 7.64. The van der Waals surface area contributed by atoms with Gasteiger partial charge in [0.1, 0.15) is 0 Å². The van der Waals surface area contributed by atoms with Gasteiger partial charge in [0.15, 0.2) is 0 Å². The second-order valence-electron chi connectivity index (χ2n) is 3.30. The second-order valence-corrected chi connectivity index (χ2v) is 5.31. The van der Waals surface area contributed by atoms with Gasteiger partial charge in [-0.25, -0.2) is 0 Å². The van der Waals surface area contributed by atoms with Crippen molar-refractivity contribution in [2.24, 2.45) is 0 Å². The molecule has 0 saturated carbocycles. The van der Waals surface area contributed by atoms with Crippen LogP contribution in [-0.2, 0) is 10.8 Å². The molecule has 1 aliphatic rings. The first-order valence-electron chi connectivity index (χ1n) is 4.87. The summed E-state index contributed by atoms with van der Waals surface area (Å²) in [6.07, 6.45) is 2.27. The smallest absolute Gasteiger partial charge is 0.0372 e. The Hall–Kier alpha value is 0.110. The van der Waals surface area contributed by atoms with E-state index in [1.54, 1.807) is 0 Å². The molecule has 1 rings (SSSR count). The van der Waals surface area contributed by atoms with Gasteiger partial charge in [-0.1, -0.05) is 13.8 Å². The molecular formula is C9H19NOS. The molecule has 0 aromatic heterocycles. The maximum Gasteiger partial charge on any atom is 0.0372 e. The van der Waals surface area contributed by atoms with Crippen LogP contribution in [0.3, 0.4) is 0 Å². The maximum absolute atomic E-state index is 11.5. The maximum atomic E-state index is 11.5. The van der Waals surface area contributed by atoms with Crippen LogP contribution in [0, 0.1) is 0 Å². The number of likely N-dealkylation sites (tertiary alicyclic amines) is 1. The average molecular weight is 189 g/mol. The molecule has 3 heteroatoms. The van der Waals surface area contributed by atoms with Gasteiger partial charge in [-0.3, -0.25) is 4.21 Å². The highest BCUT2D eigenvalue weighted by Crippen LogP contribution is 2.15. The topological polar surface area (TPSA) is 20.3 Å². The van der Waals surface area contributed by atoms with E-state index in [0.29, 0.717) is 5.25 Å². The Bertz CT molecular complexity index is 153. The Morgan fingerprint density at radius 2 is 1.92 bits per heavy atom. The molecule has 2 nitrogen and oxygen atoms in total. The van der Waals surface area contributed by atoms with E-state index < -0.39 is 10.8 Å². The summed E-state index contributed by atoms with van der Waals surface area (Å²) >= 11 is 0. The van der Waals surface area contributed by atoms with Crippen LogP contribution in [0.2, 0.25) is 0 Å².